The number of nitrogens with zero attached hydrogens (tertiary/aromatic N) is 1. The minimum Gasteiger partial charge on any atom is -0.375 e. The summed E-state index contributed by atoms with van der Waals surface area (Å²) in [5, 5.41) is 0.615. The third kappa shape index (κ3) is 3.00. The van der Waals surface area contributed by atoms with Gasteiger partial charge in [0.1, 0.15) is 0 Å². The zero-order valence-electron chi connectivity index (χ0n) is 9.45. The summed E-state index contributed by atoms with van der Waals surface area (Å²) in [5.41, 5.74) is 0.642. The van der Waals surface area contributed by atoms with E-state index >= 15 is 0 Å². The number of benzene rings is 1. The van der Waals surface area contributed by atoms with E-state index in [0.29, 0.717) is 30.3 Å². The van der Waals surface area contributed by atoms with Crippen LogP contribution < -0.4 is 0 Å². The Morgan fingerprint density at radius 1 is 1.59 bits per heavy atom. The summed E-state index contributed by atoms with van der Waals surface area (Å²) in [7, 11) is 0. The third-order valence-corrected chi connectivity index (χ3v) is 3.58. The van der Waals surface area contributed by atoms with Crippen molar-refractivity contribution in [2.24, 2.45) is 0 Å². The lowest BCUT2D eigenvalue weighted by Gasteiger charge is -2.31. The summed E-state index contributed by atoms with van der Waals surface area (Å²) in [6.45, 7) is 3.83. The number of halogens is 2. The number of morpholine rings is 1. The molecule has 0 saturated carbocycles. The van der Waals surface area contributed by atoms with Gasteiger partial charge in [-0.1, -0.05) is 11.6 Å². The predicted molar refractivity (Wildman–Crippen MR) is 70.5 cm³/mol. The maximum Gasteiger partial charge on any atom is 0.255 e. The van der Waals surface area contributed by atoms with Gasteiger partial charge in [-0.15, -0.1) is 0 Å². The highest BCUT2D eigenvalue weighted by Crippen LogP contribution is 2.23. The van der Waals surface area contributed by atoms with Gasteiger partial charge in [0.2, 0.25) is 0 Å². The van der Waals surface area contributed by atoms with E-state index in [0.717, 1.165) is 4.47 Å². The van der Waals surface area contributed by atoms with Crippen molar-refractivity contribution < 1.29 is 9.53 Å². The Bertz CT molecular complexity index is 439. The molecule has 0 radical (unpaired) electrons. The maximum absolute atomic E-state index is 12.3. The van der Waals surface area contributed by atoms with Crippen molar-refractivity contribution in [3.63, 3.8) is 0 Å². The van der Waals surface area contributed by atoms with E-state index in [1.165, 1.54) is 0 Å². The molecule has 1 aromatic rings. The Labute approximate surface area is 114 Å². The zero-order valence-corrected chi connectivity index (χ0v) is 11.8. The molecular formula is C12H13BrClNO2. The standard InChI is InChI=1S/C12H13BrClNO2/c1-8-7-15(4-5-17-8)12(16)10-3-2-9(14)6-11(10)13/h2-3,6,8H,4-5,7H2,1H3/t8-/m1/s1. The molecule has 0 aliphatic carbocycles. The molecule has 1 aromatic carbocycles. The highest BCUT2D eigenvalue weighted by molar-refractivity contribution is 9.10. The molecule has 17 heavy (non-hydrogen) atoms. The van der Waals surface area contributed by atoms with Crippen LogP contribution in [0.3, 0.4) is 0 Å². The second-order valence-electron chi connectivity index (χ2n) is 4.06. The van der Waals surface area contributed by atoms with E-state index in [-0.39, 0.29) is 12.0 Å². The van der Waals surface area contributed by atoms with Crippen LogP contribution in [-0.4, -0.2) is 36.6 Å². The minimum atomic E-state index is 0.0173. The van der Waals surface area contributed by atoms with Crippen molar-refractivity contribution >= 4 is 33.4 Å². The quantitative estimate of drug-likeness (QED) is 0.797. The van der Waals surface area contributed by atoms with Gasteiger partial charge in [0.15, 0.2) is 0 Å². The molecule has 1 saturated heterocycles. The maximum atomic E-state index is 12.3. The average molecular weight is 319 g/mol. The van der Waals surface area contributed by atoms with Gasteiger partial charge in [-0.3, -0.25) is 4.79 Å². The second-order valence-corrected chi connectivity index (χ2v) is 5.35. The number of hydrogen-bond acceptors (Lipinski definition) is 2. The first-order valence-electron chi connectivity index (χ1n) is 5.44. The molecule has 1 heterocycles. The Kier molecular flexibility index (Phi) is 4.07. The van der Waals surface area contributed by atoms with Gasteiger partial charge < -0.3 is 9.64 Å². The summed E-state index contributed by atoms with van der Waals surface area (Å²) < 4.78 is 6.15. The number of carbonyl (C=O) groups is 1. The first kappa shape index (κ1) is 12.9. The van der Waals surface area contributed by atoms with Crippen LogP contribution in [-0.2, 0) is 4.74 Å². The van der Waals surface area contributed by atoms with Gasteiger partial charge in [0.25, 0.3) is 5.91 Å². The van der Waals surface area contributed by atoms with Gasteiger partial charge in [0, 0.05) is 22.6 Å². The lowest BCUT2D eigenvalue weighted by Crippen LogP contribution is -2.44. The Morgan fingerprint density at radius 3 is 3.00 bits per heavy atom. The fourth-order valence-electron chi connectivity index (χ4n) is 1.84. The van der Waals surface area contributed by atoms with Crippen LogP contribution in [0.25, 0.3) is 0 Å². The first-order valence-corrected chi connectivity index (χ1v) is 6.61. The minimum absolute atomic E-state index is 0.0173. The Morgan fingerprint density at radius 2 is 2.35 bits per heavy atom. The molecule has 1 atom stereocenters. The van der Waals surface area contributed by atoms with E-state index in [4.69, 9.17) is 16.3 Å². The van der Waals surface area contributed by atoms with E-state index in [1.54, 1.807) is 18.2 Å². The molecule has 1 aliphatic rings. The Balaban J connectivity index is 2.18. The van der Waals surface area contributed by atoms with Gasteiger partial charge >= 0.3 is 0 Å². The average Bonchev–Trinajstić information content (AvgIpc) is 2.28. The second kappa shape index (κ2) is 5.38. The van der Waals surface area contributed by atoms with Crippen molar-refractivity contribution in [3.05, 3.63) is 33.3 Å². The molecular weight excluding hydrogens is 305 g/mol. The van der Waals surface area contributed by atoms with Crippen molar-refractivity contribution in [2.45, 2.75) is 13.0 Å². The van der Waals surface area contributed by atoms with Crippen LogP contribution in [0.1, 0.15) is 17.3 Å². The lowest BCUT2D eigenvalue weighted by atomic mass is 10.2. The summed E-state index contributed by atoms with van der Waals surface area (Å²) in [4.78, 5) is 14.1. The zero-order chi connectivity index (χ0) is 12.4. The molecule has 0 aromatic heterocycles. The molecule has 0 N–H and O–H groups in total. The largest absolute Gasteiger partial charge is 0.375 e. The van der Waals surface area contributed by atoms with Gasteiger partial charge in [0.05, 0.1) is 18.3 Å². The molecule has 2 rings (SSSR count). The monoisotopic (exact) mass is 317 g/mol. The summed E-state index contributed by atoms with van der Waals surface area (Å²) in [6, 6.07) is 5.21. The van der Waals surface area contributed by atoms with E-state index < -0.39 is 0 Å². The number of ether oxygens (including phenoxy) is 1. The van der Waals surface area contributed by atoms with Crippen molar-refractivity contribution in [1.82, 2.24) is 4.90 Å². The smallest absolute Gasteiger partial charge is 0.255 e. The van der Waals surface area contributed by atoms with E-state index in [2.05, 4.69) is 15.9 Å². The fraction of sp³-hybridized carbons (Fsp3) is 0.417. The topological polar surface area (TPSA) is 29.5 Å². The number of carbonyl (C=O) groups excluding carboxylic acids is 1. The lowest BCUT2D eigenvalue weighted by molar-refractivity contribution is -0.0124. The third-order valence-electron chi connectivity index (χ3n) is 2.69. The normalized spacial score (nSPS) is 20.4. The number of amides is 1. The van der Waals surface area contributed by atoms with Crippen LogP contribution in [0.2, 0.25) is 5.02 Å². The van der Waals surface area contributed by atoms with Crippen LogP contribution in [0.4, 0.5) is 0 Å². The molecule has 0 spiro atoms. The van der Waals surface area contributed by atoms with Crippen LogP contribution in [0, 0.1) is 0 Å². The van der Waals surface area contributed by atoms with Gasteiger partial charge in [-0.05, 0) is 41.1 Å². The predicted octanol–water partition coefficient (Wildman–Crippen LogP) is 2.96. The Hall–Kier alpha value is -0.580. The van der Waals surface area contributed by atoms with Crippen LogP contribution in [0.5, 0.6) is 0 Å². The summed E-state index contributed by atoms with van der Waals surface area (Å²) in [6.07, 6.45) is 0.0961. The SMILES string of the molecule is C[C@@H]1CN(C(=O)c2ccc(Cl)cc2Br)CCO1. The van der Waals surface area contributed by atoms with Crippen molar-refractivity contribution in [3.8, 4) is 0 Å². The molecule has 1 amide bonds. The molecule has 3 nitrogen and oxygen atoms in total. The molecule has 0 unspecified atom stereocenters. The van der Waals surface area contributed by atoms with E-state index in [1.807, 2.05) is 11.8 Å². The number of hydrogen-bond donors (Lipinski definition) is 0. The first-order chi connectivity index (χ1) is 8.08. The highest BCUT2D eigenvalue weighted by Gasteiger charge is 2.23. The number of rotatable bonds is 1. The van der Waals surface area contributed by atoms with Crippen LogP contribution >= 0.6 is 27.5 Å². The molecule has 92 valence electrons. The summed E-state index contributed by atoms with van der Waals surface area (Å²) >= 11 is 9.22. The molecule has 1 fully saturated rings. The summed E-state index contributed by atoms with van der Waals surface area (Å²) in [5.74, 6) is 0.0173. The van der Waals surface area contributed by atoms with Crippen LogP contribution in [0.15, 0.2) is 22.7 Å². The fourth-order valence-corrected chi connectivity index (χ4v) is 2.69. The van der Waals surface area contributed by atoms with Gasteiger partial charge in [-0.25, -0.2) is 0 Å². The molecule has 5 heteroatoms. The molecule has 0 bridgehead atoms. The van der Waals surface area contributed by atoms with Crippen molar-refractivity contribution in [1.29, 1.82) is 0 Å². The van der Waals surface area contributed by atoms with Gasteiger partial charge in [-0.2, -0.15) is 0 Å². The van der Waals surface area contributed by atoms with E-state index in [9.17, 15) is 4.79 Å². The van der Waals surface area contributed by atoms with Crippen molar-refractivity contribution in [2.75, 3.05) is 19.7 Å². The highest BCUT2D eigenvalue weighted by atomic mass is 79.9. The molecule has 1 aliphatic heterocycles.